The molecular weight excluding hydrogens is 244 g/mol. The Hall–Kier alpha value is -1.11. The van der Waals surface area contributed by atoms with E-state index in [0.29, 0.717) is 11.2 Å². The van der Waals surface area contributed by atoms with Gasteiger partial charge in [-0.1, -0.05) is 56.5 Å². The minimum atomic E-state index is 0.323. The highest BCUT2D eigenvalue weighted by Gasteiger charge is 2.53. The summed E-state index contributed by atoms with van der Waals surface area (Å²) in [5.41, 5.74) is 1.45. The number of hydrogen-bond donors (Lipinski definition) is 0. The molecular formula is C19H26O. The molecule has 1 aromatic rings. The Balaban J connectivity index is 1.49. The molecule has 0 amide bonds. The quantitative estimate of drug-likeness (QED) is 0.667. The van der Waals surface area contributed by atoms with Crippen molar-refractivity contribution in [2.45, 2.75) is 58.3 Å². The summed E-state index contributed by atoms with van der Waals surface area (Å²) in [6, 6.07) is 9.76. The van der Waals surface area contributed by atoms with E-state index < -0.39 is 0 Å². The molecule has 0 N–H and O–H groups in total. The summed E-state index contributed by atoms with van der Waals surface area (Å²) < 4.78 is 0. The Labute approximate surface area is 122 Å². The highest BCUT2D eigenvalue weighted by molar-refractivity contribution is 5.95. The molecule has 2 aliphatic carbocycles. The molecule has 2 fully saturated rings. The molecule has 2 saturated carbocycles. The first-order valence-electron chi connectivity index (χ1n) is 8.28. The van der Waals surface area contributed by atoms with Gasteiger partial charge in [-0.15, -0.1) is 0 Å². The van der Waals surface area contributed by atoms with E-state index in [-0.39, 0.29) is 0 Å². The fourth-order valence-corrected chi connectivity index (χ4v) is 4.24. The molecule has 108 valence electrons. The van der Waals surface area contributed by atoms with Crippen LogP contribution in [-0.4, -0.2) is 5.78 Å². The minimum Gasteiger partial charge on any atom is -0.294 e. The van der Waals surface area contributed by atoms with Crippen LogP contribution in [0.3, 0.4) is 0 Å². The Morgan fingerprint density at radius 3 is 2.55 bits per heavy atom. The van der Waals surface area contributed by atoms with Gasteiger partial charge in [0.05, 0.1) is 0 Å². The van der Waals surface area contributed by atoms with Gasteiger partial charge >= 0.3 is 0 Å². The van der Waals surface area contributed by atoms with E-state index >= 15 is 0 Å². The van der Waals surface area contributed by atoms with E-state index in [0.717, 1.165) is 30.2 Å². The van der Waals surface area contributed by atoms with Crippen LogP contribution in [0.15, 0.2) is 30.3 Å². The molecule has 0 radical (unpaired) electrons. The van der Waals surface area contributed by atoms with Gasteiger partial charge in [0.25, 0.3) is 0 Å². The summed E-state index contributed by atoms with van der Waals surface area (Å²) in [7, 11) is 0. The summed E-state index contributed by atoms with van der Waals surface area (Å²) in [5, 5.41) is 0. The van der Waals surface area contributed by atoms with Crippen molar-refractivity contribution in [3.63, 3.8) is 0 Å². The van der Waals surface area contributed by atoms with Gasteiger partial charge in [0.15, 0.2) is 5.78 Å². The maximum absolute atomic E-state index is 12.2. The lowest BCUT2D eigenvalue weighted by atomic mass is 9.77. The van der Waals surface area contributed by atoms with Crippen LogP contribution in [0.25, 0.3) is 0 Å². The zero-order valence-corrected chi connectivity index (χ0v) is 12.6. The maximum atomic E-state index is 12.2. The number of hydrogen-bond acceptors (Lipinski definition) is 1. The fourth-order valence-electron chi connectivity index (χ4n) is 4.24. The van der Waals surface area contributed by atoms with Crippen LogP contribution >= 0.6 is 0 Å². The number of carbonyl (C=O) groups excluding carboxylic acids is 1. The second-order valence-electron chi connectivity index (χ2n) is 7.07. The van der Waals surface area contributed by atoms with Crippen LogP contribution in [0.4, 0.5) is 0 Å². The molecule has 3 rings (SSSR count). The zero-order valence-electron chi connectivity index (χ0n) is 12.6. The second-order valence-corrected chi connectivity index (χ2v) is 7.07. The molecule has 0 unspecified atom stereocenters. The van der Waals surface area contributed by atoms with Gasteiger partial charge in [0, 0.05) is 12.0 Å². The third-order valence-corrected chi connectivity index (χ3v) is 5.81. The molecule has 0 aromatic heterocycles. The van der Waals surface area contributed by atoms with Gasteiger partial charge in [-0.25, -0.2) is 0 Å². The normalized spacial score (nSPS) is 30.1. The predicted octanol–water partition coefficient (Wildman–Crippen LogP) is 5.26. The molecule has 0 heterocycles. The highest BCUT2D eigenvalue weighted by atomic mass is 16.1. The first kappa shape index (κ1) is 13.9. The molecule has 0 spiro atoms. The minimum absolute atomic E-state index is 0.323. The van der Waals surface area contributed by atoms with Gasteiger partial charge in [0.2, 0.25) is 0 Å². The molecule has 2 aliphatic rings. The average molecular weight is 270 g/mol. The number of benzene rings is 1. The van der Waals surface area contributed by atoms with E-state index in [1.807, 2.05) is 30.3 Å². The largest absolute Gasteiger partial charge is 0.294 e. The summed E-state index contributed by atoms with van der Waals surface area (Å²) in [4.78, 5) is 12.2. The van der Waals surface area contributed by atoms with Crippen LogP contribution in [0.2, 0.25) is 0 Å². The monoisotopic (exact) mass is 270 g/mol. The predicted molar refractivity (Wildman–Crippen MR) is 82.8 cm³/mol. The van der Waals surface area contributed by atoms with Crippen molar-refractivity contribution >= 4 is 5.78 Å². The Morgan fingerprint density at radius 2 is 1.85 bits per heavy atom. The Bertz CT molecular complexity index is 458. The maximum Gasteiger partial charge on any atom is 0.162 e. The third kappa shape index (κ3) is 2.82. The van der Waals surface area contributed by atoms with Gasteiger partial charge in [0.1, 0.15) is 0 Å². The van der Waals surface area contributed by atoms with E-state index in [2.05, 4.69) is 6.92 Å². The lowest BCUT2D eigenvalue weighted by molar-refractivity contribution is 0.0974. The Morgan fingerprint density at radius 1 is 1.15 bits per heavy atom. The first-order chi connectivity index (χ1) is 9.70. The molecule has 1 nitrogen and oxygen atoms in total. The van der Waals surface area contributed by atoms with Gasteiger partial charge in [-0.3, -0.25) is 4.79 Å². The van der Waals surface area contributed by atoms with E-state index in [1.54, 1.807) is 0 Å². The molecule has 0 aliphatic heterocycles. The lowest BCUT2D eigenvalue weighted by Crippen LogP contribution is -2.18. The molecule has 2 atom stereocenters. The van der Waals surface area contributed by atoms with Crippen LogP contribution in [0.5, 0.6) is 0 Å². The van der Waals surface area contributed by atoms with E-state index in [9.17, 15) is 4.79 Å². The van der Waals surface area contributed by atoms with Crippen molar-refractivity contribution < 1.29 is 4.79 Å². The third-order valence-electron chi connectivity index (χ3n) is 5.81. The summed E-state index contributed by atoms with van der Waals surface area (Å²) in [6.07, 6.45) is 10.3. The Kier molecular flexibility index (Phi) is 3.96. The van der Waals surface area contributed by atoms with Crippen molar-refractivity contribution in [2.75, 3.05) is 0 Å². The van der Waals surface area contributed by atoms with Crippen LogP contribution in [-0.2, 0) is 0 Å². The number of carbonyl (C=O) groups is 1. The van der Waals surface area contributed by atoms with E-state index in [1.165, 1.54) is 38.5 Å². The summed E-state index contributed by atoms with van der Waals surface area (Å²) in [6.45, 7) is 2.47. The summed E-state index contributed by atoms with van der Waals surface area (Å²) in [5.74, 6) is 2.06. The van der Waals surface area contributed by atoms with Crippen molar-refractivity contribution in [3.8, 4) is 0 Å². The average Bonchev–Trinajstić information content (AvgIpc) is 3.19. The topological polar surface area (TPSA) is 17.1 Å². The summed E-state index contributed by atoms with van der Waals surface area (Å²) >= 11 is 0. The smallest absolute Gasteiger partial charge is 0.162 e. The molecule has 1 aromatic carbocycles. The van der Waals surface area contributed by atoms with E-state index in [4.69, 9.17) is 0 Å². The van der Waals surface area contributed by atoms with Crippen molar-refractivity contribution in [1.82, 2.24) is 0 Å². The lowest BCUT2D eigenvalue weighted by Gasteiger charge is -2.28. The first-order valence-corrected chi connectivity index (χ1v) is 8.28. The zero-order chi connectivity index (χ0) is 14.0. The van der Waals surface area contributed by atoms with Crippen LogP contribution < -0.4 is 0 Å². The van der Waals surface area contributed by atoms with Gasteiger partial charge in [-0.05, 0) is 42.9 Å². The SMILES string of the molecule is C[C@@]1(C2CCCCC2)C[C@H]1CCC(=O)c1ccccc1. The van der Waals surface area contributed by atoms with Crippen LogP contribution in [0.1, 0.15) is 68.6 Å². The van der Waals surface area contributed by atoms with Crippen LogP contribution in [0, 0.1) is 17.3 Å². The van der Waals surface area contributed by atoms with Gasteiger partial charge in [-0.2, -0.15) is 0 Å². The molecule has 20 heavy (non-hydrogen) atoms. The fraction of sp³-hybridized carbons (Fsp3) is 0.632. The number of ketones is 1. The molecule has 0 bridgehead atoms. The van der Waals surface area contributed by atoms with Crippen molar-refractivity contribution in [3.05, 3.63) is 35.9 Å². The van der Waals surface area contributed by atoms with Crippen molar-refractivity contribution in [2.24, 2.45) is 17.3 Å². The highest BCUT2D eigenvalue weighted by Crippen LogP contribution is 2.62. The van der Waals surface area contributed by atoms with Crippen molar-refractivity contribution in [1.29, 1.82) is 0 Å². The number of rotatable bonds is 5. The number of Topliss-reactive ketones (excluding diaryl/α,β-unsaturated/α-hetero) is 1. The second kappa shape index (κ2) is 5.71. The molecule has 1 heteroatoms. The standard InChI is InChI=1S/C19H26O/c1-19(16-10-6-3-7-11-16)14-17(19)12-13-18(20)15-8-4-2-5-9-15/h2,4-5,8-9,16-17H,3,6-7,10-14H2,1H3/t17-,19+/m1/s1. The van der Waals surface area contributed by atoms with Gasteiger partial charge < -0.3 is 0 Å². The molecule has 0 saturated heterocycles.